The normalized spacial score (nSPS) is 10.5. The third-order valence-corrected chi connectivity index (χ3v) is 3.16. The Morgan fingerprint density at radius 2 is 2.00 bits per heavy atom. The molecule has 1 aromatic rings. The van der Waals surface area contributed by atoms with Gasteiger partial charge in [-0.3, -0.25) is 10.1 Å². The number of anilines is 1. The molecule has 19 heavy (non-hydrogen) atoms. The lowest BCUT2D eigenvalue weighted by Gasteiger charge is -2.09. The highest BCUT2D eigenvalue weighted by Crippen LogP contribution is 2.33. The van der Waals surface area contributed by atoms with Crippen LogP contribution in [0, 0.1) is 10.1 Å². The van der Waals surface area contributed by atoms with Crippen molar-refractivity contribution in [2.75, 3.05) is 25.1 Å². The maximum atomic E-state index is 10.9. The Hall–Kier alpha value is -1.04. The Morgan fingerprint density at radius 1 is 1.32 bits per heavy atom. The first kappa shape index (κ1) is 16.0. The first-order chi connectivity index (χ1) is 9.06. The minimum Gasteiger partial charge on any atom is -0.380 e. The van der Waals surface area contributed by atoms with Gasteiger partial charge < -0.3 is 10.1 Å². The van der Waals surface area contributed by atoms with Crippen LogP contribution in [0.1, 0.15) is 19.8 Å². The van der Waals surface area contributed by atoms with Crippen molar-refractivity contribution in [3.8, 4) is 0 Å². The zero-order chi connectivity index (χ0) is 14.3. The monoisotopic (exact) mass is 306 g/mol. The molecule has 0 saturated carbocycles. The molecule has 0 amide bonds. The Bertz CT molecular complexity index is 441. The maximum absolute atomic E-state index is 10.9. The molecule has 0 aliphatic heterocycles. The summed E-state index contributed by atoms with van der Waals surface area (Å²) in [5, 5.41) is 14.3. The number of nitro groups is 1. The lowest BCUT2D eigenvalue weighted by atomic mass is 10.2. The molecule has 0 spiro atoms. The van der Waals surface area contributed by atoms with Gasteiger partial charge in [0.2, 0.25) is 0 Å². The first-order valence-corrected chi connectivity index (χ1v) is 6.77. The van der Waals surface area contributed by atoms with E-state index in [0.29, 0.717) is 25.4 Å². The number of halogens is 2. The number of hydrogen-bond donors (Lipinski definition) is 1. The minimum absolute atomic E-state index is 0.0945. The largest absolute Gasteiger partial charge is 0.380 e. The van der Waals surface area contributed by atoms with E-state index in [-0.39, 0.29) is 15.7 Å². The number of ether oxygens (including phenoxy) is 1. The molecule has 1 rings (SSSR count). The summed E-state index contributed by atoms with van der Waals surface area (Å²) in [6.07, 6.45) is 2.08. The second-order valence-corrected chi connectivity index (χ2v) is 4.75. The molecule has 1 aromatic carbocycles. The SMILES string of the molecule is CCCCOCCNc1cc(Cl)c(Cl)cc1[N+](=O)[O-]. The maximum Gasteiger partial charge on any atom is 0.293 e. The highest BCUT2D eigenvalue weighted by molar-refractivity contribution is 6.42. The average Bonchev–Trinajstić information content (AvgIpc) is 2.37. The fraction of sp³-hybridized carbons (Fsp3) is 0.500. The molecule has 0 saturated heterocycles. The number of benzene rings is 1. The summed E-state index contributed by atoms with van der Waals surface area (Å²) in [7, 11) is 0. The molecule has 5 nitrogen and oxygen atoms in total. The lowest BCUT2D eigenvalue weighted by molar-refractivity contribution is -0.383. The van der Waals surface area contributed by atoms with Gasteiger partial charge in [0.25, 0.3) is 5.69 Å². The molecular formula is C12H16Cl2N2O3. The summed E-state index contributed by atoms with van der Waals surface area (Å²) < 4.78 is 5.36. The highest BCUT2D eigenvalue weighted by atomic mass is 35.5. The van der Waals surface area contributed by atoms with Crippen LogP contribution in [0.5, 0.6) is 0 Å². The van der Waals surface area contributed by atoms with Crippen LogP contribution in [-0.2, 0) is 4.74 Å². The molecule has 1 N–H and O–H groups in total. The topological polar surface area (TPSA) is 64.4 Å². The molecule has 7 heteroatoms. The van der Waals surface area contributed by atoms with Crippen LogP contribution in [0.4, 0.5) is 11.4 Å². The molecule has 0 fully saturated rings. The molecular weight excluding hydrogens is 291 g/mol. The van der Waals surface area contributed by atoms with Gasteiger partial charge in [-0.1, -0.05) is 36.5 Å². The van der Waals surface area contributed by atoms with Gasteiger partial charge in [-0.05, 0) is 12.5 Å². The minimum atomic E-state index is -0.498. The van der Waals surface area contributed by atoms with Crippen LogP contribution in [0.25, 0.3) is 0 Å². The van der Waals surface area contributed by atoms with Crippen LogP contribution in [0.3, 0.4) is 0 Å². The van der Waals surface area contributed by atoms with Crippen molar-refractivity contribution in [1.82, 2.24) is 0 Å². The third-order valence-electron chi connectivity index (χ3n) is 2.44. The number of nitrogens with zero attached hydrogens (tertiary/aromatic N) is 1. The quantitative estimate of drug-likeness (QED) is 0.445. The van der Waals surface area contributed by atoms with Crippen molar-refractivity contribution in [3.05, 3.63) is 32.3 Å². The Morgan fingerprint density at radius 3 is 2.63 bits per heavy atom. The predicted molar refractivity (Wildman–Crippen MR) is 77.3 cm³/mol. The fourth-order valence-corrected chi connectivity index (χ4v) is 1.76. The van der Waals surface area contributed by atoms with Crippen molar-refractivity contribution in [2.24, 2.45) is 0 Å². The van der Waals surface area contributed by atoms with E-state index in [1.54, 1.807) is 0 Å². The van der Waals surface area contributed by atoms with Gasteiger partial charge in [-0.25, -0.2) is 0 Å². The van der Waals surface area contributed by atoms with Gasteiger partial charge in [0, 0.05) is 19.2 Å². The van der Waals surface area contributed by atoms with E-state index < -0.39 is 4.92 Å². The van der Waals surface area contributed by atoms with Gasteiger partial charge in [-0.2, -0.15) is 0 Å². The standard InChI is InChI=1S/C12H16Cl2N2O3/c1-2-3-5-19-6-4-15-11-7-9(13)10(14)8-12(11)16(17)18/h7-8,15H,2-6H2,1H3. The van der Waals surface area contributed by atoms with E-state index in [1.807, 2.05) is 0 Å². The second kappa shape index (κ2) is 8.19. The molecule has 106 valence electrons. The first-order valence-electron chi connectivity index (χ1n) is 6.01. The van der Waals surface area contributed by atoms with E-state index in [4.69, 9.17) is 27.9 Å². The van der Waals surface area contributed by atoms with Gasteiger partial charge in [0.1, 0.15) is 5.69 Å². The zero-order valence-electron chi connectivity index (χ0n) is 10.6. The smallest absolute Gasteiger partial charge is 0.293 e. The van der Waals surface area contributed by atoms with Gasteiger partial charge >= 0.3 is 0 Å². The van der Waals surface area contributed by atoms with Crippen LogP contribution in [-0.4, -0.2) is 24.7 Å². The highest BCUT2D eigenvalue weighted by Gasteiger charge is 2.16. The van der Waals surface area contributed by atoms with Gasteiger partial charge in [0.05, 0.1) is 21.6 Å². The lowest BCUT2D eigenvalue weighted by Crippen LogP contribution is -2.11. The second-order valence-electron chi connectivity index (χ2n) is 3.93. The number of hydrogen-bond acceptors (Lipinski definition) is 4. The van der Waals surface area contributed by atoms with Crippen LogP contribution < -0.4 is 5.32 Å². The summed E-state index contributed by atoms with van der Waals surface area (Å²) >= 11 is 11.6. The Kier molecular flexibility index (Phi) is 6.91. The van der Waals surface area contributed by atoms with Gasteiger partial charge in [-0.15, -0.1) is 0 Å². The predicted octanol–water partition coefficient (Wildman–Crippen LogP) is 4.13. The van der Waals surface area contributed by atoms with Crippen molar-refractivity contribution < 1.29 is 9.66 Å². The number of unbranched alkanes of at least 4 members (excludes halogenated alkanes) is 1. The van der Waals surface area contributed by atoms with Crippen molar-refractivity contribution >= 4 is 34.6 Å². The van der Waals surface area contributed by atoms with E-state index in [0.717, 1.165) is 12.8 Å². The number of rotatable bonds is 8. The van der Waals surface area contributed by atoms with E-state index >= 15 is 0 Å². The van der Waals surface area contributed by atoms with Crippen molar-refractivity contribution in [2.45, 2.75) is 19.8 Å². The molecule has 0 aliphatic carbocycles. The van der Waals surface area contributed by atoms with Gasteiger partial charge in [0.15, 0.2) is 0 Å². The molecule has 0 unspecified atom stereocenters. The van der Waals surface area contributed by atoms with Crippen molar-refractivity contribution in [1.29, 1.82) is 0 Å². The average molecular weight is 307 g/mol. The van der Waals surface area contributed by atoms with Crippen molar-refractivity contribution in [3.63, 3.8) is 0 Å². The molecule has 0 aromatic heterocycles. The number of nitrogens with one attached hydrogen (secondary N) is 1. The molecule has 0 atom stereocenters. The fourth-order valence-electron chi connectivity index (χ4n) is 1.44. The third kappa shape index (κ3) is 5.22. The molecule has 0 aliphatic rings. The molecule has 0 radical (unpaired) electrons. The van der Waals surface area contributed by atoms with Crippen LogP contribution >= 0.6 is 23.2 Å². The summed E-state index contributed by atoms with van der Waals surface area (Å²) in [6, 6.07) is 2.69. The molecule has 0 bridgehead atoms. The summed E-state index contributed by atoms with van der Waals surface area (Å²) in [4.78, 5) is 10.4. The summed E-state index contributed by atoms with van der Waals surface area (Å²) in [5.74, 6) is 0. The Balaban J connectivity index is 2.57. The summed E-state index contributed by atoms with van der Waals surface area (Å²) in [5.41, 5.74) is 0.251. The van der Waals surface area contributed by atoms with Crippen LogP contribution in [0.2, 0.25) is 10.0 Å². The number of nitro benzene ring substituents is 1. The summed E-state index contributed by atoms with van der Waals surface area (Å²) in [6.45, 7) is 3.74. The Labute approximate surface area is 122 Å². The zero-order valence-corrected chi connectivity index (χ0v) is 12.1. The molecule has 0 heterocycles. The van der Waals surface area contributed by atoms with E-state index in [1.165, 1.54) is 12.1 Å². The van der Waals surface area contributed by atoms with E-state index in [9.17, 15) is 10.1 Å². The van der Waals surface area contributed by atoms with Crippen LogP contribution in [0.15, 0.2) is 12.1 Å². The van der Waals surface area contributed by atoms with E-state index in [2.05, 4.69) is 12.2 Å².